The molecule has 1 aromatic rings. The van der Waals surface area contributed by atoms with Crippen molar-refractivity contribution in [1.29, 1.82) is 0 Å². The molecule has 2 amide bonds. The van der Waals surface area contributed by atoms with Crippen LogP contribution in [0.3, 0.4) is 0 Å². The zero-order valence-corrected chi connectivity index (χ0v) is 18.6. The summed E-state index contributed by atoms with van der Waals surface area (Å²) in [4.78, 5) is 38.7. The number of rotatable bonds is 8. The Kier molecular flexibility index (Phi) is 10.9. The lowest BCUT2D eigenvalue weighted by Gasteiger charge is -2.19. The van der Waals surface area contributed by atoms with Gasteiger partial charge in [0.1, 0.15) is 5.56 Å². The van der Waals surface area contributed by atoms with Crippen LogP contribution in [0.5, 0.6) is 5.75 Å². The quantitative estimate of drug-likeness (QED) is 0.276. The number of aromatic nitrogens is 1. The number of aliphatic carboxylic acids is 1. The molecule has 0 spiro atoms. The molecular formula is C18H28IN3O5. The highest BCUT2D eigenvalue weighted by molar-refractivity contribution is 5.98. The summed E-state index contributed by atoms with van der Waals surface area (Å²) in [6.07, 6.45) is 3.88. The first-order valence-corrected chi connectivity index (χ1v) is 8.58. The van der Waals surface area contributed by atoms with Gasteiger partial charge in [-0.2, -0.15) is 4.57 Å². The minimum absolute atomic E-state index is 0. The SMILES string of the molecule is CCCCCN(C)C(=O)Oc1cc[n+](CC(=O)O)c(C)c1C(=O)N(C)C.[I-]. The van der Waals surface area contributed by atoms with Gasteiger partial charge in [-0.05, 0) is 6.42 Å². The lowest BCUT2D eigenvalue weighted by atomic mass is 10.1. The lowest BCUT2D eigenvalue weighted by Crippen LogP contribution is -3.00. The van der Waals surface area contributed by atoms with Crippen LogP contribution in [-0.4, -0.2) is 60.6 Å². The highest BCUT2D eigenvalue weighted by atomic mass is 127. The van der Waals surface area contributed by atoms with E-state index in [1.54, 1.807) is 28.1 Å². The summed E-state index contributed by atoms with van der Waals surface area (Å²) in [7, 11) is 4.81. The molecule has 1 N–H and O–H groups in total. The number of pyridine rings is 1. The number of hydrogen-bond donors (Lipinski definition) is 1. The van der Waals surface area contributed by atoms with Gasteiger partial charge in [0.2, 0.25) is 6.54 Å². The second-order valence-electron chi connectivity index (χ2n) is 6.36. The first-order valence-electron chi connectivity index (χ1n) is 8.58. The van der Waals surface area contributed by atoms with Crippen molar-refractivity contribution in [3.63, 3.8) is 0 Å². The molecule has 0 aromatic carbocycles. The number of ether oxygens (including phenoxy) is 1. The van der Waals surface area contributed by atoms with Crippen LogP contribution in [0.2, 0.25) is 0 Å². The minimum Gasteiger partial charge on any atom is -1.00 e. The summed E-state index contributed by atoms with van der Waals surface area (Å²) in [6, 6.07) is 1.45. The normalized spacial score (nSPS) is 9.96. The predicted octanol–water partition coefficient (Wildman–Crippen LogP) is -1.31. The number of nitrogens with zero attached hydrogens (tertiary/aromatic N) is 3. The molecule has 152 valence electrons. The standard InChI is InChI=1S/C18H27N3O5.HI/c1-6-7-8-10-20(5)18(25)26-14-9-11-21(12-15(22)23)13(2)16(14)17(24)19(3)4;/h9,11H,6-8,10,12H2,1-5H3;1H. The Morgan fingerprint density at radius 3 is 2.33 bits per heavy atom. The van der Waals surface area contributed by atoms with Crippen LogP contribution in [-0.2, 0) is 11.3 Å². The maximum atomic E-state index is 12.5. The fourth-order valence-corrected chi connectivity index (χ4v) is 2.42. The third kappa shape index (κ3) is 7.31. The molecule has 9 heteroatoms. The molecule has 1 aromatic heterocycles. The van der Waals surface area contributed by atoms with Crippen molar-refractivity contribution < 1.29 is 52.8 Å². The van der Waals surface area contributed by atoms with Gasteiger partial charge in [0.25, 0.3) is 5.91 Å². The Bertz CT molecular complexity index is 679. The predicted molar refractivity (Wildman–Crippen MR) is 95.2 cm³/mol. The van der Waals surface area contributed by atoms with E-state index in [0.717, 1.165) is 19.3 Å². The Morgan fingerprint density at radius 2 is 1.81 bits per heavy atom. The zero-order valence-electron chi connectivity index (χ0n) is 16.5. The zero-order chi connectivity index (χ0) is 19.9. The molecule has 27 heavy (non-hydrogen) atoms. The number of hydrogen-bond acceptors (Lipinski definition) is 4. The van der Waals surface area contributed by atoms with Gasteiger partial charge in [0.05, 0.1) is 0 Å². The number of carbonyl (C=O) groups excluding carboxylic acids is 2. The van der Waals surface area contributed by atoms with Crippen LogP contribution < -0.4 is 33.3 Å². The van der Waals surface area contributed by atoms with Crippen molar-refractivity contribution in [2.75, 3.05) is 27.7 Å². The minimum atomic E-state index is -1.03. The summed E-state index contributed by atoms with van der Waals surface area (Å²) in [6.45, 7) is 3.98. The molecule has 0 aliphatic heterocycles. The molecule has 0 saturated carbocycles. The average Bonchev–Trinajstić information content (AvgIpc) is 2.56. The van der Waals surface area contributed by atoms with E-state index in [9.17, 15) is 14.4 Å². The van der Waals surface area contributed by atoms with E-state index in [0.29, 0.717) is 12.2 Å². The van der Waals surface area contributed by atoms with Crippen molar-refractivity contribution in [2.24, 2.45) is 0 Å². The number of halogens is 1. The summed E-state index contributed by atoms with van der Waals surface area (Å²) in [5, 5.41) is 9.01. The van der Waals surface area contributed by atoms with Gasteiger partial charge < -0.3 is 43.6 Å². The molecule has 0 atom stereocenters. The molecule has 0 fully saturated rings. The Hall–Kier alpha value is -1.91. The van der Waals surface area contributed by atoms with Gasteiger partial charge in [-0.1, -0.05) is 19.8 Å². The average molecular weight is 493 g/mol. The van der Waals surface area contributed by atoms with Gasteiger partial charge in [0, 0.05) is 40.7 Å². The number of carbonyl (C=O) groups is 3. The first-order chi connectivity index (χ1) is 12.2. The molecule has 0 unspecified atom stereocenters. The van der Waals surface area contributed by atoms with Crippen LogP contribution in [0.15, 0.2) is 12.3 Å². The molecule has 0 aliphatic rings. The smallest absolute Gasteiger partial charge is 0.414 e. The van der Waals surface area contributed by atoms with Crippen LogP contribution in [0.1, 0.15) is 42.2 Å². The highest BCUT2D eigenvalue weighted by Crippen LogP contribution is 2.22. The number of carboxylic acids is 1. The Balaban J connectivity index is 0.00000676. The molecular weight excluding hydrogens is 465 g/mol. The van der Waals surface area contributed by atoms with Gasteiger partial charge in [0.15, 0.2) is 17.6 Å². The summed E-state index contributed by atoms with van der Waals surface area (Å²) < 4.78 is 6.86. The van der Waals surface area contributed by atoms with Crippen LogP contribution in [0.25, 0.3) is 0 Å². The number of carboxylic acid groups (broad SMARTS) is 1. The van der Waals surface area contributed by atoms with Crippen LogP contribution in [0.4, 0.5) is 4.79 Å². The molecule has 0 bridgehead atoms. The van der Waals surface area contributed by atoms with E-state index in [2.05, 4.69) is 6.92 Å². The monoisotopic (exact) mass is 493 g/mol. The van der Waals surface area contributed by atoms with E-state index in [4.69, 9.17) is 9.84 Å². The second kappa shape index (κ2) is 11.7. The lowest BCUT2D eigenvalue weighted by molar-refractivity contribution is -0.691. The summed E-state index contributed by atoms with van der Waals surface area (Å²) >= 11 is 0. The fraction of sp³-hybridized carbons (Fsp3) is 0.556. The van der Waals surface area contributed by atoms with Gasteiger partial charge in [-0.3, -0.25) is 4.79 Å². The van der Waals surface area contributed by atoms with E-state index in [-0.39, 0.29) is 47.7 Å². The second-order valence-corrected chi connectivity index (χ2v) is 6.36. The first kappa shape index (κ1) is 25.1. The topological polar surface area (TPSA) is 91.0 Å². The van der Waals surface area contributed by atoms with Crippen molar-refractivity contribution in [3.05, 3.63) is 23.5 Å². The van der Waals surface area contributed by atoms with Crippen molar-refractivity contribution >= 4 is 18.0 Å². The van der Waals surface area contributed by atoms with Gasteiger partial charge in [-0.25, -0.2) is 9.59 Å². The summed E-state index contributed by atoms with van der Waals surface area (Å²) in [5.41, 5.74) is 0.596. The largest absolute Gasteiger partial charge is 1.00 e. The van der Waals surface area contributed by atoms with Gasteiger partial charge in [-0.15, -0.1) is 0 Å². The molecule has 1 heterocycles. The van der Waals surface area contributed by atoms with Crippen molar-refractivity contribution in [1.82, 2.24) is 9.80 Å². The third-order valence-electron chi connectivity index (χ3n) is 3.98. The van der Waals surface area contributed by atoms with Crippen LogP contribution in [0, 0.1) is 6.92 Å². The molecule has 0 radical (unpaired) electrons. The molecule has 8 nitrogen and oxygen atoms in total. The van der Waals surface area contributed by atoms with E-state index in [1.807, 2.05) is 0 Å². The van der Waals surface area contributed by atoms with Crippen molar-refractivity contribution in [2.45, 2.75) is 39.7 Å². The van der Waals surface area contributed by atoms with Crippen LogP contribution >= 0.6 is 0 Å². The van der Waals surface area contributed by atoms with E-state index >= 15 is 0 Å². The highest BCUT2D eigenvalue weighted by Gasteiger charge is 2.28. The Labute approximate surface area is 177 Å². The molecule has 0 saturated heterocycles. The number of unbranched alkanes of at least 4 members (excludes halogenated alkanes) is 2. The number of amides is 2. The van der Waals surface area contributed by atoms with Crippen molar-refractivity contribution in [3.8, 4) is 5.75 Å². The maximum absolute atomic E-state index is 12.5. The fourth-order valence-electron chi connectivity index (χ4n) is 2.42. The van der Waals surface area contributed by atoms with E-state index < -0.39 is 12.1 Å². The van der Waals surface area contributed by atoms with Gasteiger partial charge >= 0.3 is 12.1 Å². The molecule has 0 aliphatic carbocycles. The third-order valence-corrected chi connectivity index (χ3v) is 3.98. The maximum Gasteiger partial charge on any atom is 0.414 e. The Morgan fingerprint density at radius 1 is 1.19 bits per heavy atom. The van der Waals surface area contributed by atoms with E-state index in [1.165, 1.54) is 26.6 Å². The summed E-state index contributed by atoms with van der Waals surface area (Å²) in [5.74, 6) is -1.27. The molecule has 1 rings (SSSR count).